The highest BCUT2D eigenvalue weighted by atomic mass is 32.1. The molecule has 140 valence electrons. The first-order valence-corrected chi connectivity index (χ1v) is 8.99. The van der Waals surface area contributed by atoms with Gasteiger partial charge in [0, 0.05) is 25.9 Å². The lowest BCUT2D eigenvalue weighted by Gasteiger charge is -2.36. The van der Waals surface area contributed by atoms with Crippen molar-refractivity contribution in [3.63, 3.8) is 0 Å². The molecule has 2 amide bonds. The van der Waals surface area contributed by atoms with Crippen molar-refractivity contribution < 1.29 is 19.1 Å². The van der Waals surface area contributed by atoms with Crippen molar-refractivity contribution in [2.75, 3.05) is 19.7 Å². The highest BCUT2D eigenvalue weighted by molar-refractivity contribution is 7.80. The van der Waals surface area contributed by atoms with Gasteiger partial charge in [-0.25, -0.2) is 0 Å². The van der Waals surface area contributed by atoms with Gasteiger partial charge in [0.1, 0.15) is 6.04 Å². The van der Waals surface area contributed by atoms with Crippen molar-refractivity contribution in [3.05, 3.63) is 35.9 Å². The first-order valence-electron chi connectivity index (χ1n) is 8.59. The van der Waals surface area contributed by atoms with Gasteiger partial charge in [-0.3, -0.25) is 14.4 Å². The second kappa shape index (κ2) is 9.86. The van der Waals surface area contributed by atoms with Crippen molar-refractivity contribution in [2.45, 2.75) is 32.2 Å². The Morgan fingerprint density at radius 2 is 2.08 bits per heavy atom. The fraction of sp³-hybridized carbons (Fsp3) is 0.444. The van der Waals surface area contributed by atoms with E-state index in [1.165, 1.54) is 0 Å². The highest BCUT2D eigenvalue weighted by Gasteiger charge is 2.34. The van der Waals surface area contributed by atoms with Gasteiger partial charge in [0.25, 0.3) is 0 Å². The van der Waals surface area contributed by atoms with E-state index >= 15 is 0 Å². The number of nitrogens with zero attached hydrogens (tertiary/aromatic N) is 1. The van der Waals surface area contributed by atoms with Gasteiger partial charge in [0.15, 0.2) is 5.11 Å². The van der Waals surface area contributed by atoms with Crippen molar-refractivity contribution in [1.29, 1.82) is 0 Å². The molecule has 26 heavy (non-hydrogen) atoms. The van der Waals surface area contributed by atoms with Gasteiger partial charge in [0.05, 0.1) is 13.0 Å². The topological polar surface area (TPSA) is 87.7 Å². The van der Waals surface area contributed by atoms with Crippen LogP contribution in [0.25, 0.3) is 0 Å². The first kappa shape index (κ1) is 19.8. The van der Waals surface area contributed by atoms with E-state index in [4.69, 9.17) is 17.0 Å². The summed E-state index contributed by atoms with van der Waals surface area (Å²) in [5, 5.41) is 5.45. The molecule has 0 radical (unpaired) electrons. The number of carbonyl (C=O) groups is 3. The number of hydrogen-bond acceptors (Lipinski definition) is 5. The van der Waals surface area contributed by atoms with E-state index in [2.05, 4.69) is 10.6 Å². The summed E-state index contributed by atoms with van der Waals surface area (Å²) in [6.07, 6.45) is 0.771. The van der Waals surface area contributed by atoms with Gasteiger partial charge >= 0.3 is 5.97 Å². The molecule has 1 aromatic carbocycles. The summed E-state index contributed by atoms with van der Waals surface area (Å²) in [6, 6.07) is 8.90. The number of thiocarbonyl (C=S) groups is 1. The van der Waals surface area contributed by atoms with Crippen LogP contribution in [0.2, 0.25) is 0 Å². The smallest absolute Gasteiger partial charge is 0.308 e. The number of hydrogen-bond donors (Lipinski definition) is 2. The molecule has 0 aromatic heterocycles. The van der Waals surface area contributed by atoms with Crippen LogP contribution in [0.3, 0.4) is 0 Å². The minimum absolute atomic E-state index is 0.122. The molecular formula is C18H23N3O4S. The lowest BCUT2D eigenvalue weighted by molar-refractivity contribution is -0.147. The molecule has 7 nitrogen and oxygen atoms in total. The van der Waals surface area contributed by atoms with E-state index in [0.29, 0.717) is 19.5 Å². The summed E-state index contributed by atoms with van der Waals surface area (Å²) in [5.41, 5.74) is 1.07. The van der Waals surface area contributed by atoms with Crippen LogP contribution in [0.5, 0.6) is 0 Å². The number of carbonyl (C=O) groups excluding carboxylic acids is 3. The molecule has 1 aliphatic rings. The SMILES string of the molecule is CCC(=O)NC(=S)N1CCNC(=O)C1CC(=O)OCCc1ccccc1. The molecule has 1 aliphatic heterocycles. The Labute approximate surface area is 158 Å². The zero-order valence-corrected chi connectivity index (χ0v) is 15.5. The second-order valence-corrected chi connectivity index (χ2v) is 6.25. The number of nitrogens with one attached hydrogen (secondary N) is 2. The number of piperazine rings is 1. The predicted molar refractivity (Wildman–Crippen MR) is 100 cm³/mol. The Kier molecular flexibility index (Phi) is 7.53. The number of rotatable bonds is 6. The Bertz CT molecular complexity index is 666. The van der Waals surface area contributed by atoms with Crippen molar-refractivity contribution in [1.82, 2.24) is 15.5 Å². The number of benzene rings is 1. The standard InChI is InChI=1S/C18H23N3O4S/c1-2-15(22)20-18(26)21-10-9-19-17(24)14(21)12-16(23)25-11-8-13-6-4-3-5-7-13/h3-7,14H,2,8-12H2,1H3,(H,19,24)(H,20,22,26). The summed E-state index contributed by atoms with van der Waals surface area (Å²) in [5.74, 6) is -1.01. The molecule has 1 fully saturated rings. The Morgan fingerprint density at radius 1 is 1.35 bits per heavy atom. The number of esters is 1. The fourth-order valence-electron chi connectivity index (χ4n) is 2.58. The number of ether oxygens (including phenoxy) is 1. The van der Waals surface area contributed by atoms with Crippen LogP contribution in [0, 0.1) is 0 Å². The second-order valence-electron chi connectivity index (χ2n) is 5.87. The third kappa shape index (κ3) is 5.80. The van der Waals surface area contributed by atoms with Crippen LogP contribution in [0.15, 0.2) is 30.3 Å². The summed E-state index contributed by atoms with van der Waals surface area (Å²) < 4.78 is 5.25. The lowest BCUT2D eigenvalue weighted by atomic mass is 10.1. The monoisotopic (exact) mass is 377 g/mol. The van der Waals surface area contributed by atoms with E-state index in [1.807, 2.05) is 30.3 Å². The molecule has 2 rings (SSSR count). The molecule has 1 unspecified atom stereocenters. The number of amides is 2. The lowest BCUT2D eigenvalue weighted by Crippen LogP contribution is -2.60. The van der Waals surface area contributed by atoms with Crippen LogP contribution in [-0.2, 0) is 25.5 Å². The summed E-state index contributed by atoms with van der Waals surface area (Å²) in [6.45, 7) is 2.79. The zero-order valence-electron chi connectivity index (χ0n) is 14.7. The van der Waals surface area contributed by atoms with E-state index < -0.39 is 12.0 Å². The minimum Gasteiger partial charge on any atom is -0.465 e. The van der Waals surface area contributed by atoms with Crippen LogP contribution in [0.1, 0.15) is 25.3 Å². The third-order valence-electron chi connectivity index (χ3n) is 4.02. The summed E-state index contributed by atoms with van der Waals surface area (Å²) >= 11 is 5.21. The maximum Gasteiger partial charge on any atom is 0.308 e. The normalized spacial score (nSPS) is 16.6. The Hall–Kier alpha value is -2.48. The molecule has 0 aliphatic carbocycles. The molecule has 0 saturated carbocycles. The predicted octanol–water partition coefficient (Wildman–Crippen LogP) is 0.774. The summed E-state index contributed by atoms with van der Waals surface area (Å²) in [4.78, 5) is 37.4. The van der Waals surface area contributed by atoms with E-state index in [0.717, 1.165) is 5.56 Å². The molecule has 1 aromatic rings. The summed E-state index contributed by atoms with van der Waals surface area (Å²) in [7, 11) is 0. The third-order valence-corrected chi connectivity index (χ3v) is 4.35. The van der Waals surface area contributed by atoms with Gasteiger partial charge in [-0.2, -0.15) is 0 Å². The van der Waals surface area contributed by atoms with Gasteiger partial charge < -0.3 is 20.3 Å². The van der Waals surface area contributed by atoms with Crippen molar-refractivity contribution >= 4 is 35.1 Å². The van der Waals surface area contributed by atoms with Gasteiger partial charge in [-0.15, -0.1) is 0 Å². The van der Waals surface area contributed by atoms with Crippen LogP contribution in [-0.4, -0.2) is 53.5 Å². The molecular weight excluding hydrogens is 354 g/mol. The average Bonchev–Trinajstić information content (AvgIpc) is 2.64. The molecule has 8 heteroatoms. The molecule has 1 atom stereocenters. The van der Waals surface area contributed by atoms with E-state index in [-0.39, 0.29) is 36.4 Å². The largest absolute Gasteiger partial charge is 0.465 e. The van der Waals surface area contributed by atoms with Crippen LogP contribution >= 0.6 is 12.2 Å². The Balaban J connectivity index is 1.88. The van der Waals surface area contributed by atoms with E-state index in [9.17, 15) is 14.4 Å². The van der Waals surface area contributed by atoms with E-state index in [1.54, 1.807) is 11.8 Å². The zero-order chi connectivity index (χ0) is 18.9. The maximum atomic E-state index is 12.2. The quantitative estimate of drug-likeness (QED) is 0.563. The highest BCUT2D eigenvalue weighted by Crippen LogP contribution is 2.11. The molecule has 0 spiro atoms. The molecule has 1 heterocycles. The van der Waals surface area contributed by atoms with Crippen molar-refractivity contribution in [3.8, 4) is 0 Å². The van der Waals surface area contributed by atoms with Gasteiger partial charge in [-0.1, -0.05) is 37.3 Å². The minimum atomic E-state index is -0.780. The van der Waals surface area contributed by atoms with Crippen LogP contribution in [0.4, 0.5) is 0 Å². The molecule has 1 saturated heterocycles. The molecule has 0 bridgehead atoms. The molecule has 2 N–H and O–H groups in total. The van der Waals surface area contributed by atoms with Gasteiger partial charge in [0.2, 0.25) is 11.8 Å². The average molecular weight is 377 g/mol. The van der Waals surface area contributed by atoms with Gasteiger partial charge in [-0.05, 0) is 17.8 Å². The Morgan fingerprint density at radius 3 is 2.77 bits per heavy atom. The van der Waals surface area contributed by atoms with Crippen molar-refractivity contribution in [2.24, 2.45) is 0 Å². The fourth-order valence-corrected chi connectivity index (χ4v) is 2.92. The first-order chi connectivity index (χ1) is 12.5. The van der Waals surface area contributed by atoms with Crippen LogP contribution < -0.4 is 10.6 Å². The maximum absolute atomic E-state index is 12.2.